The third kappa shape index (κ3) is 9.78. The Morgan fingerprint density at radius 1 is 0.549 bits per heavy atom. The highest BCUT2D eigenvalue weighted by molar-refractivity contribution is 5.93. The molecule has 254 valence electrons. The van der Waals surface area contributed by atoms with Crippen molar-refractivity contribution in [2.24, 2.45) is 0 Å². The molecule has 51 heavy (non-hydrogen) atoms. The molecule has 0 heterocycles. The maximum absolute atomic E-state index is 10.1. The van der Waals surface area contributed by atoms with E-state index in [0.717, 1.165) is 45.4 Å². The van der Waals surface area contributed by atoms with Crippen LogP contribution in [0.5, 0.6) is 0 Å². The molecule has 0 bridgehead atoms. The smallest absolute Gasteiger partial charge is 0.154 e. The first-order chi connectivity index (χ1) is 25.1. The van der Waals surface area contributed by atoms with E-state index in [1.807, 2.05) is 12.1 Å². The van der Waals surface area contributed by atoms with Gasteiger partial charge in [-0.2, -0.15) is 0 Å². The summed E-state index contributed by atoms with van der Waals surface area (Å²) in [6, 6.07) is 55.7. The molecule has 1 N–H and O–H groups in total. The Kier molecular flexibility index (Phi) is 12.4. The molecule has 1 atom stereocenters. The van der Waals surface area contributed by atoms with Gasteiger partial charge in [0.15, 0.2) is 6.29 Å². The van der Waals surface area contributed by atoms with Crippen molar-refractivity contribution in [3.8, 4) is 11.1 Å². The molecule has 0 aliphatic heterocycles. The predicted octanol–water partition coefficient (Wildman–Crippen LogP) is 11.1. The van der Waals surface area contributed by atoms with Crippen LogP contribution in [0.25, 0.3) is 40.5 Å². The van der Waals surface area contributed by atoms with E-state index in [4.69, 9.17) is 9.47 Å². The normalized spacial score (nSPS) is 12.4. The molecule has 6 rings (SSSR count). The molecule has 3 heteroatoms. The summed E-state index contributed by atoms with van der Waals surface area (Å²) in [4.78, 5) is 0. The van der Waals surface area contributed by atoms with Gasteiger partial charge in [0.1, 0.15) is 0 Å². The highest BCUT2D eigenvalue weighted by Crippen LogP contribution is 2.30. The molecule has 0 saturated carbocycles. The Morgan fingerprint density at radius 3 is 1.43 bits per heavy atom. The van der Waals surface area contributed by atoms with Crippen LogP contribution in [0, 0.1) is 0 Å². The number of hydrogen-bond acceptors (Lipinski definition) is 3. The second-order valence-corrected chi connectivity index (χ2v) is 12.5. The molecule has 0 aliphatic carbocycles. The van der Waals surface area contributed by atoms with E-state index >= 15 is 0 Å². The molecule has 0 amide bonds. The van der Waals surface area contributed by atoms with Crippen molar-refractivity contribution in [3.05, 3.63) is 209 Å². The second-order valence-electron chi connectivity index (χ2n) is 12.5. The van der Waals surface area contributed by atoms with Gasteiger partial charge in [0, 0.05) is 13.5 Å². The van der Waals surface area contributed by atoms with Crippen LogP contribution < -0.4 is 0 Å². The van der Waals surface area contributed by atoms with Gasteiger partial charge in [-0.25, -0.2) is 0 Å². The second kappa shape index (κ2) is 17.9. The van der Waals surface area contributed by atoms with Gasteiger partial charge in [-0.3, -0.25) is 0 Å². The third-order valence-corrected chi connectivity index (χ3v) is 8.95. The average molecular weight is 669 g/mol. The summed E-state index contributed by atoms with van der Waals surface area (Å²) in [7, 11) is 1.62. The number of rotatable bonds is 15. The van der Waals surface area contributed by atoms with Crippen LogP contribution in [0.2, 0.25) is 0 Å². The minimum absolute atomic E-state index is 0.384. The summed E-state index contributed by atoms with van der Waals surface area (Å²) in [6.45, 7) is 4.75. The summed E-state index contributed by atoms with van der Waals surface area (Å²) in [6.07, 6.45) is 6.86. The van der Waals surface area contributed by atoms with Gasteiger partial charge in [-0.15, -0.1) is 0 Å². The highest BCUT2D eigenvalue weighted by Gasteiger charge is 2.09. The van der Waals surface area contributed by atoms with Crippen LogP contribution in [-0.2, 0) is 15.9 Å². The van der Waals surface area contributed by atoms with Gasteiger partial charge in [-0.1, -0.05) is 170 Å². The van der Waals surface area contributed by atoms with Crippen molar-refractivity contribution in [3.63, 3.8) is 0 Å². The molecule has 0 radical (unpaired) electrons. The quantitative estimate of drug-likeness (QED) is 0.0672. The van der Waals surface area contributed by atoms with Crippen molar-refractivity contribution in [1.82, 2.24) is 0 Å². The summed E-state index contributed by atoms with van der Waals surface area (Å²) in [5, 5.41) is 10.1. The highest BCUT2D eigenvalue weighted by atomic mass is 16.6. The van der Waals surface area contributed by atoms with E-state index in [9.17, 15) is 5.11 Å². The lowest BCUT2D eigenvalue weighted by Gasteiger charge is -2.13. The third-order valence-electron chi connectivity index (χ3n) is 8.95. The summed E-state index contributed by atoms with van der Waals surface area (Å²) in [5.74, 6) is 0. The SMILES string of the molecule is C=Cc1ccc(C(=Cc2ccc(-c3ccc(C=C(c4ccccc4)c4ccc(CCC(O)OCCOC)cc4)cc3)cc2)c2ccccc2)cc1. The lowest BCUT2D eigenvalue weighted by Crippen LogP contribution is -2.16. The van der Waals surface area contributed by atoms with E-state index in [0.29, 0.717) is 19.6 Å². The average Bonchev–Trinajstić information content (AvgIpc) is 3.20. The Bertz CT molecular complexity index is 2020. The minimum Gasteiger partial charge on any atom is -0.382 e. The van der Waals surface area contributed by atoms with Gasteiger partial charge >= 0.3 is 0 Å². The van der Waals surface area contributed by atoms with Crippen LogP contribution in [0.1, 0.15) is 50.9 Å². The zero-order chi connectivity index (χ0) is 35.3. The number of benzene rings is 6. The molecule has 6 aromatic rings. The zero-order valence-electron chi connectivity index (χ0n) is 29.1. The van der Waals surface area contributed by atoms with Crippen LogP contribution >= 0.6 is 0 Å². The summed E-state index contributed by atoms with van der Waals surface area (Å²) < 4.78 is 10.4. The standard InChI is InChI=1S/C48H44O3/c1-3-36-14-27-44(28-15-36)46(42-10-6-4-7-11-42)34-38-18-23-40(24-19-38)41-25-20-39(21-26-41)35-47(43-12-8-5-9-13-43)45-29-16-37(17-30-45)22-31-48(49)51-33-32-50-2/h3-21,23-30,34-35,48-49H,1,22,31-33H2,2H3. The number of aliphatic hydroxyl groups is 1. The van der Waals surface area contributed by atoms with Crippen LogP contribution in [-0.4, -0.2) is 31.7 Å². The van der Waals surface area contributed by atoms with Gasteiger partial charge < -0.3 is 14.6 Å². The lowest BCUT2D eigenvalue weighted by atomic mass is 9.93. The largest absolute Gasteiger partial charge is 0.382 e. The van der Waals surface area contributed by atoms with Gasteiger partial charge in [-0.05, 0) is 85.4 Å². The monoisotopic (exact) mass is 668 g/mol. The topological polar surface area (TPSA) is 38.7 Å². The molecular weight excluding hydrogens is 625 g/mol. The molecule has 3 nitrogen and oxygen atoms in total. The number of aryl methyl sites for hydroxylation is 1. The van der Waals surface area contributed by atoms with Crippen molar-refractivity contribution >= 4 is 29.4 Å². The minimum atomic E-state index is -0.795. The Labute approximate surface area is 302 Å². The van der Waals surface area contributed by atoms with E-state index in [-0.39, 0.29) is 0 Å². The first kappa shape index (κ1) is 35.3. The van der Waals surface area contributed by atoms with Crippen LogP contribution in [0.4, 0.5) is 0 Å². The fourth-order valence-corrected chi connectivity index (χ4v) is 6.07. The first-order valence-corrected chi connectivity index (χ1v) is 17.4. The molecule has 0 saturated heterocycles. The van der Waals surface area contributed by atoms with Crippen molar-refractivity contribution in [1.29, 1.82) is 0 Å². The number of methoxy groups -OCH3 is 1. The Balaban J connectivity index is 1.20. The molecule has 6 aromatic carbocycles. The molecule has 0 fully saturated rings. The lowest BCUT2D eigenvalue weighted by molar-refractivity contribution is -0.112. The Morgan fingerprint density at radius 2 is 0.980 bits per heavy atom. The molecule has 0 aliphatic rings. The van der Waals surface area contributed by atoms with Gasteiger partial charge in [0.25, 0.3) is 0 Å². The fourth-order valence-electron chi connectivity index (χ4n) is 6.07. The maximum Gasteiger partial charge on any atom is 0.154 e. The van der Waals surface area contributed by atoms with Gasteiger partial charge in [0.05, 0.1) is 13.2 Å². The van der Waals surface area contributed by atoms with E-state index in [2.05, 4.69) is 170 Å². The number of aliphatic hydroxyl groups excluding tert-OH is 1. The molecule has 1 unspecified atom stereocenters. The number of hydrogen-bond donors (Lipinski definition) is 1. The van der Waals surface area contributed by atoms with E-state index in [1.165, 1.54) is 27.8 Å². The van der Waals surface area contributed by atoms with E-state index in [1.54, 1.807) is 7.11 Å². The molecular formula is C48H44O3. The predicted molar refractivity (Wildman–Crippen MR) is 214 cm³/mol. The van der Waals surface area contributed by atoms with Crippen LogP contribution in [0.3, 0.4) is 0 Å². The molecule has 0 aromatic heterocycles. The zero-order valence-corrected chi connectivity index (χ0v) is 29.1. The van der Waals surface area contributed by atoms with Crippen molar-refractivity contribution in [2.75, 3.05) is 20.3 Å². The summed E-state index contributed by atoms with van der Waals surface area (Å²) in [5.41, 5.74) is 13.9. The first-order valence-electron chi connectivity index (χ1n) is 17.4. The number of ether oxygens (including phenoxy) is 2. The van der Waals surface area contributed by atoms with Crippen molar-refractivity contribution in [2.45, 2.75) is 19.1 Å². The van der Waals surface area contributed by atoms with Crippen LogP contribution in [0.15, 0.2) is 164 Å². The fraction of sp³-hybridized carbons (Fsp3) is 0.125. The van der Waals surface area contributed by atoms with Crippen molar-refractivity contribution < 1.29 is 14.6 Å². The van der Waals surface area contributed by atoms with Gasteiger partial charge in [0.2, 0.25) is 0 Å². The van der Waals surface area contributed by atoms with E-state index < -0.39 is 6.29 Å². The molecule has 0 spiro atoms. The Hall–Kier alpha value is -5.58. The maximum atomic E-state index is 10.1. The summed E-state index contributed by atoms with van der Waals surface area (Å²) >= 11 is 0.